The molecule has 1 unspecified atom stereocenters. The zero-order valence-corrected chi connectivity index (χ0v) is 12.7. The van der Waals surface area contributed by atoms with Gasteiger partial charge in [0.2, 0.25) is 0 Å². The monoisotopic (exact) mass is 353 g/mol. The SMILES string of the molecule is CON[C@@H](C)C(=O)OP(=O)(O)Oc1ccccc1Br. The molecule has 0 aliphatic rings. The fourth-order valence-corrected chi connectivity index (χ4v) is 2.40. The molecular formula is C10H13BrNO6P. The predicted molar refractivity (Wildman–Crippen MR) is 70.3 cm³/mol. The summed E-state index contributed by atoms with van der Waals surface area (Å²) in [6, 6.07) is 5.48. The maximum absolute atomic E-state index is 11.7. The van der Waals surface area contributed by atoms with E-state index < -0.39 is 19.8 Å². The summed E-state index contributed by atoms with van der Waals surface area (Å²) in [6.45, 7) is 1.41. The predicted octanol–water partition coefficient (Wildman–Crippen LogP) is 2.01. The first kappa shape index (κ1) is 16.1. The van der Waals surface area contributed by atoms with Crippen molar-refractivity contribution in [2.45, 2.75) is 13.0 Å². The van der Waals surface area contributed by atoms with Gasteiger partial charge in [0.05, 0.1) is 11.6 Å². The summed E-state index contributed by atoms with van der Waals surface area (Å²) in [7, 11) is -3.24. The number of halogens is 1. The molecule has 2 atom stereocenters. The number of rotatable bonds is 6. The molecule has 0 aliphatic carbocycles. The molecular weight excluding hydrogens is 341 g/mol. The van der Waals surface area contributed by atoms with E-state index in [9.17, 15) is 14.3 Å². The Bertz CT molecular complexity index is 497. The summed E-state index contributed by atoms with van der Waals surface area (Å²) >= 11 is 3.14. The van der Waals surface area contributed by atoms with Crippen LogP contribution in [-0.4, -0.2) is 24.0 Å². The third-order valence-electron chi connectivity index (χ3n) is 1.90. The van der Waals surface area contributed by atoms with Crippen LogP contribution < -0.4 is 10.0 Å². The Morgan fingerprint density at radius 1 is 1.47 bits per heavy atom. The molecule has 0 bridgehead atoms. The number of phosphoric acid groups is 1. The van der Waals surface area contributed by atoms with E-state index in [-0.39, 0.29) is 5.75 Å². The van der Waals surface area contributed by atoms with Crippen LogP contribution in [0.15, 0.2) is 28.7 Å². The highest BCUT2D eigenvalue weighted by molar-refractivity contribution is 9.10. The van der Waals surface area contributed by atoms with Crippen LogP contribution in [0.1, 0.15) is 6.92 Å². The van der Waals surface area contributed by atoms with Crippen LogP contribution in [0.2, 0.25) is 0 Å². The number of benzene rings is 1. The van der Waals surface area contributed by atoms with E-state index >= 15 is 0 Å². The molecule has 9 heteroatoms. The number of carbonyl (C=O) groups excluding carboxylic acids is 1. The first-order chi connectivity index (χ1) is 8.85. The second kappa shape index (κ2) is 7.02. The zero-order valence-electron chi connectivity index (χ0n) is 10.2. The molecule has 0 saturated heterocycles. The van der Waals surface area contributed by atoms with Crippen molar-refractivity contribution >= 4 is 29.7 Å². The van der Waals surface area contributed by atoms with Gasteiger partial charge in [-0.1, -0.05) is 12.1 Å². The van der Waals surface area contributed by atoms with Crippen molar-refractivity contribution in [2.24, 2.45) is 0 Å². The van der Waals surface area contributed by atoms with Gasteiger partial charge in [-0.3, -0.25) is 4.89 Å². The second-order valence-corrected chi connectivity index (χ2v) is 5.60. The van der Waals surface area contributed by atoms with Gasteiger partial charge >= 0.3 is 13.8 Å². The van der Waals surface area contributed by atoms with Crippen molar-refractivity contribution in [3.8, 4) is 5.75 Å². The largest absolute Gasteiger partial charge is 0.587 e. The first-order valence-corrected chi connectivity index (χ1v) is 7.43. The molecule has 0 aliphatic heterocycles. The van der Waals surface area contributed by atoms with Crippen molar-refractivity contribution in [2.75, 3.05) is 7.11 Å². The number of hydrogen-bond acceptors (Lipinski definition) is 6. The third kappa shape index (κ3) is 5.30. The maximum atomic E-state index is 11.7. The summed E-state index contributed by atoms with van der Waals surface area (Å²) in [4.78, 5) is 25.4. The normalized spacial score (nSPS) is 15.4. The number of carbonyl (C=O) groups is 1. The van der Waals surface area contributed by atoms with Crippen molar-refractivity contribution in [3.05, 3.63) is 28.7 Å². The molecule has 2 N–H and O–H groups in total. The lowest BCUT2D eigenvalue weighted by atomic mass is 10.3. The molecule has 0 spiro atoms. The Morgan fingerprint density at radius 3 is 2.68 bits per heavy atom. The van der Waals surface area contributed by atoms with Crippen LogP contribution >= 0.6 is 23.8 Å². The molecule has 0 aromatic heterocycles. The van der Waals surface area contributed by atoms with Crippen molar-refractivity contribution < 1.29 is 28.1 Å². The molecule has 7 nitrogen and oxygen atoms in total. The van der Waals surface area contributed by atoms with E-state index in [0.717, 1.165) is 0 Å². The summed E-state index contributed by atoms with van der Waals surface area (Å²) in [5, 5.41) is 0. The standard InChI is InChI=1S/C10H13BrNO6P/c1-7(12-16-2)10(13)18-19(14,15)17-9-6-4-3-5-8(9)11/h3-7,12H,1-2H3,(H,14,15)/t7-/m0/s1. The lowest BCUT2D eigenvalue weighted by Gasteiger charge is -2.16. The van der Waals surface area contributed by atoms with Gasteiger partial charge in [0.15, 0.2) is 0 Å². The number of para-hydroxylation sites is 1. The van der Waals surface area contributed by atoms with Gasteiger partial charge in [-0.05, 0) is 35.0 Å². The quantitative estimate of drug-likeness (QED) is 0.596. The Morgan fingerprint density at radius 2 is 2.11 bits per heavy atom. The Kier molecular flexibility index (Phi) is 5.96. The van der Waals surface area contributed by atoms with Gasteiger partial charge < -0.3 is 13.9 Å². The minimum absolute atomic E-state index is 0.0912. The van der Waals surface area contributed by atoms with Crippen LogP contribution in [-0.2, 0) is 18.7 Å². The molecule has 0 amide bonds. The van der Waals surface area contributed by atoms with Crippen LogP contribution in [0.5, 0.6) is 5.75 Å². The number of hydrogen-bond donors (Lipinski definition) is 2. The molecule has 0 saturated carbocycles. The maximum Gasteiger partial charge on any atom is 0.587 e. The van der Waals surface area contributed by atoms with E-state index in [2.05, 4.69) is 30.8 Å². The van der Waals surface area contributed by atoms with Crippen LogP contribution in [0.3, 0.4) is 0 Å². The summed E-state index contributed by atoms with van der Waals surface area (Å²) in [5.41, 5.74) is 2.27. The molecule has 0 radical (unpaired) electrons. The molecule has 106 valence electrons. The highest BCUT2D eigenvalue weighted by atomic mass is 79.9. The van der Waals surface area contributed by atoms with Gasteiger partial charge in [-0.25, -0.2) is 9.36 Å². The molecule has 1 aromatic rings. The zero-order chi connectivity index (χ0) is 14.5. The Labute approximate surface area is 118 Å². The van der Waals surface area contributed by atoms with Crippen molar-refractivity contribution in [1.82, 2.24) is 5.48 Å². The molecule has 0 heterocycles. The van der Waals surface area contributed by atoms with Gasteiger partial charge in [0, 0.05) is 0 Å². The molecule has 19 heavy (non-hydrogen) atoms. The number of nitrogens with one attached hydrogen (secondary N) is 1. The van der Waals surface area contributed by atoms with Crippen LogP contribution in [0.25, 0.3) is 0 Å². The summed E-state index contributed by atoms with van der Waals surface area (Å²) in [6.07, 6.45) is 0. The van der Waals surface area contributed by atoms with Crippen molar-refractivity contribution in [3.63, 3.8) is 0 Å². The third-order valence-corrected chi connectivity index (χ3v) is 3.40. The molecule has 1 aromatic carbocycles. The number of hydroxylamine groups is 1. The highest BCUT2D eigenvalue weighted by Gasteiger charge is 2.31. The summed E-state index contributed by atoms with van der Waals surface area (Å²) in [5.74, 6) is -0.881. The molecule has 1 rings (SSSR count). The topological polar surface area (TPSA) is 94.1 Å². The van der Waals surface area contributed by atoms with Crippen molar-refractivity contribution in [1.29, 1.82) is 0 Å². The average Bonchev–Trinajstić information content (AvgIpc) is 2.31. The minimum Gasteiger partial charge on any atom is -0.394 e. The van der Waals surface area contributed by atoms with E-state index in [1.807, 2.05) is 0 Å². The smallest absolute Gasteiger partial charge is 0.394 e. The van der Waals surface area contributed by atoms with Crippen LogP contribution in [0.4, 0.5) is 0 Å². The fraction of sp³-hybridized carbons (Fsp3) is 0.300. The molecule has 0 fully saturated rings. The second-order valence-electron chi connectivity index (χ2n) is 3.44. The van der Waals surface area contributed by atoms with E-state index in [1.54, 1.807) is 18.2 Å². The lowest BCUT2D eigenvalue weighted by Crippen LogP contribution is -2.34. The lowest BCUT2D eigenvalue weighted by molar-refractivity contribution is -0.140. The fourth-order valence-electron chi connectivity index (χ4n) is 1.08. The van der Waals surface area contributed by atoms with E-state index in [4.69, 9.17) is 4.52 Å². The Hall–Kier alpha value is -0.920. The average molecular weight is 354 g/mol. The van der Waals surface area contributed by atoms with Gasteiger partial charge in [0.1, 0.15) is 11.8 Å². The summed E-state index contributed by atoms with van der Waals surface area (Å²) < 4.78 is 21.3. The number of phosphoric ester groups is 1. The van der Waals surface area contributed by atoms with E-state index in [1.165, 1.54) is 20.1 Å². The van der Waals surface area contributed by atoms with Gasteiger partial charge in [0.25, 0.3) is 0 Å². The minimum atomic E-state index is -4.55. The van der Waals surface area contributed by atoms with Gasteiger partial charge in [-0.2, -0.15) is 5.48 Å². The van der Waals surface area contributed by atoms with Gasteiger partial charge in [-0.15, -0.1) is 0 Å². The highest BCUT2D eigenvalue weighted by Crippen LogP contribution is 2.46. The van der Waals surface area contributed by atoms with Crippen LogP contribution in [0, 0.1) is 0 Å². The van der Waals surface area contributed by atoms with E-state index in [0.29, 0.717) is 4.47 Å². The Balaban J connectivity index is 2.69. The first-order valence-electron chi connectivity index (χ1n) is 5.14.